The van der Waals surface area contributed by atoms with Crippen molar-refractivity contribution in [3.8, 4) is 5.69 Å². The number of pyridine rings is 1. The highest BCUT2D eigenvalue weighted by atomic mass is 32.1. The van der Waals surface area contributed by atoms with Crippen LogP contribution in [-0.2, 0) is 6.18 Å². The highest BCUT2D eigenvalue weighted by molar-refractivity contribution is 7.17. The van der Waals surface area contributed by atoms with Gasteiger partial charge in [0.05, 0.1) is 11.1 Å². The van der Waals surface area contributed by atoms with Crippen molar-refractivity contribution in [1.29, 1.82) is 0 Å². The van der Waals surface area contributed by atoms with E-state index in [1.807, 2.05) is 11.4 Å². The molecule has 0 amide bonds. The number of carboxylic acids is 1. The monoisotopic (exact) mass is 389 g/mol. The number of thiophene rings is 1. The SMILES string of the molecule is O=C(O)c1cc2ccc(C(F)(F)F)cc2n(-c2ccc3sccc3c2)c1=O. The van der Waals surface area contributed by atoms with Gasteiger partial charge in [-0.25, -0.2) is 4.79 Å². The maximum absolute atomic E-state index is 13.1. The fraction of sp³-hybridized carbons (Fsp3) is 0.0526. The minimum Gasteiger partial charge on any atom is -0.477 e. The van der Waals surface area contributed by atoms with Crippen LogP contribution in [0.2, 0.25) is 0 Å². The summed E-state index contributed by atoms with van der Waals surface area (Å²) in [5, 5.41) is 12.2. The van der Waals surface area contributed by atoms with Crippen molar-refractivity contribution < 1.29 is 23.1 Å². The summed E-state index contributed by atoms with van der Waals surface area (Å²) in [5.74, 6) is -1.44. The number of rotatable bonds is 2. The molecule has 0 saturated heterocycles. The molecule has 0 aliphatic heterocycles. The van der Waals surface area contributed by atoms with E-state index < -0.39 is 28.8 Å². The fourth-order valence-corrected chi connectivity index (χ4v) is 3.76. The first-order valence-electron chi connectivity index (χ1n) is 7.73. The number of carboxylic acid groups (broad SMARTS) is 1. The van der Waals surface area contributed by atoms with Crippen molar-refractivity contribution in [2.24, 2.45) is 0 Å². The largest absolute Gasteiger partial charge is 0.477 e. The van der Waals surface area contributed by atoms with E-state index in [0.29, 0.717) is 5.69 Å². The van der Waals surface area contributed by atoms with Crippen LogP contribution >= 0.6 is 11.3 Å². The van der Waals surface area contributed by atoms with Gasteiger partial charge in [-0.3, -0.25) is 9.36 Å². The number of nitrogens with zero attached hydrogens (tertiary/aromatic N) is 1. The summed E-state index contributed by atoms with van der Waals surface area (Å²) in [4.78, 5) is 24.2. The molecule has 4 nitrogen and oxygen atoms in total. The summed E-state index contributed by atoms with van der Waals surface area (Å²) in [7, 11) is 0. The van der Waals surface area contributed by atoms with Gasteiger partial charge in [-0.15, -0.1) is 11.3 Å². The minimum absolute atomic E-state index is 0.00518. The molecular weight excluding hydrogens is 379 g/mol. The average Bonchev–Trinajstić information content (AvgIpc) is 3.07. The number of hydrogen-bond donors (Lipinski definition) is 1. The second-order valence-corrected chi connectivity index (χ2v) is 6.87. The second-order valence-electron chi connectivity index (χ2n) is 5.92. The summed E-state index contributed by atoms with van der Waals surface area (Å²) in [6.07, 6.45) is -4.59. The van der Waals surface area contributed by atoms with Crippen LogP contribution < -0.4 is 5.56 Å². The zero-order valence-corrected chi connectivity index (χ0v) is 14.3. The molecule has 0 bridgehead atoms. The number of carbonyl (C=O) groups is 1. The minimum atomic E-state index is -4.59. The molecule has 0 radical (unpaired) electrons. The van der Waals surface area contributed by atoms with E-state index in [2.05, 4.69) is 0 Å². The lowest BCUT2D eigenvalue weighted by molar-refractivity contribution is -0.137. The van der Waals surface area contributed by atoms with Crippen molar-refractivity contribution in [1.82, 2.24) is 4.57 Å². The van der Waals surface area contributed by atoms with Crippen LogP contribution in [0.1, 0.15) is 15.9 Å². The lowest BCUT2D eigenvalue weighted by atomic mass is 10.1. The Morgan fingerprint density at radius 3 is 2.48 bits per heavy atom. The first-order valence-corrected chi connectivity index (χ1v) is 8.61. The van der Waals surface area contributed by atoms with Gasteiger partial charge < -0.3 is 5.11 Å². The normalized spacial score (nSPS) is 12.0. The van der Waals surface area contributed by atoms with Crippen molar-refractivity contribution in [3.05, 3.63) is 75.4 Å². The third-order valence-corrected chi connectivity index (χ3v) is 5.15. The molecule has 1 N–H and O–H groups in total. The van der Waals surface area contributed by atoms with E-state index in [4.69, 9.17) is 0 Å². The molecule has 2 aromatic carbocycles. The summed E-state index contributed by atoms with van der Waals surface area (Å²) < 4.78 is 41.4. The number of benzene rings is 2. The average molecular weight is 389 g/mol. The zero-order valence-electron chi connectivity index (χ0n) is 13.4. The standard InChI is InChI=1S/C19H10F3NO3S/c20-19(21,22)12-2-1-10-8-14(18(25)26)17(24)23(15(10)9-12)13-3-4-16-11(7-13)5-6-27-16/h1-9H,(H,25,26). The zero-order chi connectivity index (χ0) is 19.3. The number of hydrogen-bond acceptors (Lipinski definition) is 3. The second kappa shape index (κ2) is 5.95. The van der Waals surface area contributed by atoms with Gasteiger partial charge >= 0.3 is 12.1 Å². The molecule has 0 spiro atoms. The summed E-state index contributed by atoms with van der Waals surface area (Å²) in [6.45, 7) is 0. The van der Waals surface area contributed by atoms with Gasteiger partial charge in [-0.05, 0) is 58.6 Å². The first kappa shape index (κ1) is 17.3. The van der Waals surface area contributed by atoms with Gasteiger partial charge in [0.2, 0.25) is 0 Å². The molecule has 8 heteroatoms. The van der Waals surface area contributed by atoms with Gasteiger partial charge in [0, 0.05) is 10.4 Å². The molecule has 0 aliphatic carbocycles. The van der Waals surface area contributed by atoms with E-state index in [1.165, 1.54) is 17.4 Å². The van der Waals surface area contributed by atoms with Gasteiger partial charge in [0.25, 0.3) is 5.56 Å². The van der Waals surface area contributed by atoms with E-state index in [0.717, 1.165) is 32.9 Å². The van der Waals surface area contributed by atoms with E-state index in [9.17, 15) is 27.9 Å². The Morgan fingerprint density at radius 2 is 1.78 bits per heavy atom. The third kappa shape index (κ3) is 2.87. The predicted molar refractivity (Wildman–Crippen MR) is 96.9 cm³/mol. The molecule has 2 heterocycles. The summed E-state index contributed by atoms with van der Waals surface area (Å²) in [6, 6.07) is 10.8. The van der Waals surface area contributed by atoms with Crippen LogP contribution in [0.3, 0.4) is 0 Å². The summed E-state index contributed by atoms with van der Waals surface area (Å²) >= 11 is 1.48. The topological polar surface area (TPSA) is 59.3 Å². The molecule has 2 aromatic heterocycles. The number of fused-ring (bicyclic) bond motifs is 2. The van der Waals surface area contributed by atoms with Crippen molar-refractivity contribution in [3.63, 3.8) is 0 Å². The molecule has 136 valence electrons. The van der Waals surface area contributed by atoms with Crippen LogP contribution in [0.25, 0.3) is 26.7 Å². The first-order chi connectivity index (χ1) is 12.8. The lowest BCUT2D eigenvalue weighted by Crippen LogP contribution is -2.25. The van der Waals surface area contributed by atoms with Crippen LogP contribution in [0.15, 0.2) is 58.7 Å². The Kier molecular flexibility index (Phi) is 3.81. The van der Waals surface area contributed by atoms with E-state index in [-0.39, 0.29) is 10.9 Å². The molecule has 27 heavy (non-hydrogen) atoms. The van der Waals surface area contributed by atoms with Crippen LogP contribution in [0, 0.1) is 0 Å². The van der Waals surface area contributed by atoms with Crippen molar-refractivity contribution in [2.75, 3.05) is 0 Å². The Labute approximate surface area is 153 Å². The maximum atomic E-state index is 13.1. The molecule has 4 rings (SSSR count). The number of aromatic nitrogens is 1. The van der Waals surface area contributed by atoms with Gasteiger partial charge in [-0.1, -0.05) is 6.07 Å². The Balaban J connectivity index is 2.12. The van der Waals surface area contributed by atoms with Gasteiger partial charge in [0.15, 0.2) is 0 Å². The molecule has 0 aliphatic rings. The molecular formula is C19H10F3NO3S. The fourth-order valence-electron chi connectivity index (χ4n) is 2.99. The van der Waals surface area contributed by atoms with Gasteiger partial charge in [-0.2, -0.15) is 13.2 Å². The number of halogens is 3. The third-order valence-electron chi connectivity index (χ3n) is 4.26. The lowest BCUT2D eigenvalue weighted by Gasteiger charge is -2.14. The smallest absolute Gasteiger partial charge is 0.416 e. The predicted octanol–water partition coefficient (Wildman–Crippen LogP) is 4.92. The summed E-state index contributed by atoms with van der Waals surface area (Å²) in [5.41, 5.74) is -2.01. The van der Waals surface area contributed by atoms with E-state index >= 15 is 0 Å². The molecule has 0 atom stereocenters. The Hall–Kier alpha value is -3.13. The molecule has 0 fully saturated rings. The van der Waals surface area contributed by atoms with Crippen LogP contribution in [0.4, 0.5) is 13.2 Å². The molecule has 0 saturated carbocycles. The van der Waals surface area contributed by atoms with Crippen LogP contribution in [-0.4, -0.2) is 15.6 Å². The number of alkyl halides is 3. The quantitative estimate of drug-likeness (QED) is 0.529. The van der Waals surface area contributed by atoms with E-state index in [1.54, 1.807) is 18.2 Å². The van der Waals surface area contributed by atoms with Gasteiger partial charge in [0.1, 0.15) is 5.56 Å². The maximum Gasteiger partial charge on any atom is 0.416 e. The Bertz CT molecular complexity index is 1270. The number of aromatic carboxylic acids is 1. The van der Waals surface area contributed by atoms with Crippen LogP contribution in [0.5, 0.6) is 0 Å². The molecule has 4 aromatic rings. The van der Waals surface area contributed by atoms with Crippen molar-refractivity contribution in [2.45, 2.75) is 6.18 Å². The highest BCUT2D eigenvalue weighted by Crippen LogP contribution is 2.32. The Morgan fingerprint density at radius 1 is 1.00 bits per heavy atom. The molecule has 0 unspecified atom stereocenters. The van der Waals surface area contributed by atoms with Crippen molar-refractivity contribution >= 4 is 38.3 Å². The highest BCUT2D eigenvalue weighted by Gasteiger charge is 2.31.